The van der Waals surface area contributed by atoms with Crippen molar-refractivity contribution in [2.45, 2.75) is 20.8 Å². The Kier molecular flexibility index (Phi) is 5.57. The van der Waals surface area contributed by atoms with Crippen LogP contribution in [0.2, 0.25) is 5.02 Å². The van der Waals surface area contributed by atoms with Crippen LogP contribution in [0.3, 0.4) is 0 Å². The first kappa shape index (κ1) is 18.7. The summed E-state index contributed by atoms with van der Waals surface area (Å²) in [5.74, 6) is 1.80. The van der Waals surface area contributed by atoms with Crippen molar-refractivity contribution in [3.63, 3.8) is 0 Å². The van der Waals surface area contributed by atoms with E-state index in [1.807, 2.05) is 62.4 Å². The summed E-state index contributed by atoms with van der Waals surface area (Å²) in [5, 5.41) is 9.93. The second kappa shape index (κ2) is 8.05. The standard InChI is InChI=1S/C20H20ClN5O/c1-12-7-8-17(10-18(12)21)26-20-11-19(22-13(2)23-20)25-16-6-4-5-15(9-16)24-14(3)27/h4-11H,1-3H3,(H,24,27)(H2,22,23,25,26). The first-order valence-corrected chi connectivity index (χ1v) is 8.80. The van der Waals surface area contributed by atoms with Crippen molar-refractivity contribution < 1.29 is 4.79 Å². The van der Waals surface area contributed by atoms with Gasteiger partial charge in [0.2, 0.25) is 5.91 Å². The first-order chi connectivity index (χ1) is 12.9. The quantitative estimate of drug-likeness (QED) is 0.566. The molecule has 0 atom stereocenters. The van der Waals surface area contributed by atoms with Crippen molar-refractivity contribution in [1.82, 2.24) is 9.97 Å². The van der Waals surface area contributed by atoms with Gasteiger partial charge in [0.15, 0.2) is 0 Å². The molecule has 0 aliphatic rings. The Morgan fingerprint density at radius 1 is 0.889 bits per heavy atom. The van der Waals surface area contributed by atoms with E-state index in [9.17, 15) is 4.79 Å². The van der Waals surface area contributed by atoms with E-state index in [-0.39, 0.29) is 5.91 Å². The van der Waals surface area contributed by atoms with Gasteiger partial charge in [-0.3, -0.25) is 4.79 Å². The summed E-state index contributed by atoms with van der Waals surface area (Å²) < 4.78 is 0. The van der Waals surface area contributed by atoms with E-state index in [1.54, 1.807) is 0 Å². The molecule has 3 aromatic rings. The van der Waals surface area contributed by atoms with Crippen LogP contribution in [0.1, 0.15) is 18.3 Å². The number of anilines is 5. The average Bonchev–Trinajstić information content (AvgIpc) is 2.57. The average molecular weight is 382 g/mol. The minimum absolute atomic E-state index is 0.117. The van der Waals surface area contributed by atoms with Gasteiger partial charge >= 0.3 is 0 Å². The summed E-state index contributed by atoms with van der Waals surface area (Å²) in [6.07, 6.45) is 0. The minimum atomic E-state index is -0.117. The van der Waals surface area contributed by atoms with Gasteiger partial charge in [0.25, 0.3) is 0 Å². The number of hydrogen-bond acceptors (Lipinski definition) is 5. The van der Waals surface area contributed by atoms with Gasteiger partial charge in [0.1, 0.15) is 17.5 Å². The predicted octanol–water partition coefficient (Wildman–Crippen LogP) is 5.19. The Balaban J connectivity index is 1.81. The summed E-state index contributed by atoms with van der Waals surface area (Å²) in [5.41, 5.74) is 3.39. The Morgan fingerprint density at radius 2 is 1.52 bits per heavy atom. The van der Waals surface area contributed by atoms with Crippen molar-refractivity contribution in [2.75, 3.05) is 16.0 Å². The lowest BCUT2D eigenvalue weighted by atomic mass is 10.2. The molecule has 0 radical (unpaired) electrons. The number of benzene rings is 2. The largest absolute Gasteiger partial charge is 0.340 e. The fraction of sp³-hybridized carbons (Fsp3) is 0.150. The molecule has 0 aliphatic heterocycles. The van der Waals surface area contributed by atoms with Gasteiger partial charge in [-0.2, -0.15) is 0 Å². The monoisotopic (exact) mass is 381 g/mol. The molecule has 6 nitrogen and oxygen atoms in total. The van der Waals surface area contributed by atoms with Gasteiger partial charge < -0.3 is 16.0 Å². The molecule has 0 spiro atoms. The normalized spacial score (nSPS) is 10.4. The molecule has 0 fully saturated rings. The number of nitrogens with one attached hydrogen (secondary N) is 3. The topological polar surface area (TPSA) is 78.9 Å². The maximum Gasteiger partial charge on any atom is 0.221 e. The number of hydrogen-bond donors (Lipinski definition) is 3. The van der Waals surface area contributed by atoms with Crippen LogP contribution in [0.4, 0.5) is 28.7 Å². The van der Waals surface area contributed by atoms with E-state index in [4.69, 9.17) is 11.6 Å². The van der Waals surface area contributed by atoms with E-state index in [0.717, 1.165) is 16.9 Å². The van der Waals surface area contributed by atoms with Crippen LogP contribution in [0.5, 0.6) is 0 Å². The molecule has 3 N–H and O–H groups in total. The molecular weight excluding hydrogens is 362 g/mol. The van der Waals surface area contributed by atoms with Crippen LogP contribution >= 0.6 is 11.6 Å². The van der Waals surface area contributed by atoms with Crippen molar-refractivity contribution in [3.05, 3.63) is 64.9 Å². The highest BCUT2D eigenvalue weighted by molar-refractivity contribution is 6.31. The van der Waals surface area contributed by atoms with Crippen molar-refractivity contribution in [1.29, 1.82) is 0 Å². The zero-order valence-corrected chi connectivity index (χ0v) is 16.1. The molecule has 0 unspecified atom stereocenters. The maximum absolute atomic E-state index is 11.2. The molecule has 3 rings (SSSR count). The van der Waals surface area contributed by atoms with Gasteiger partial charge in [0, 0.05) is 35.1 Å². The molecule has 138 valence electrons. The number of aromatic nitrogens is 2. The van der Waals surface area contributed by atoms with Crippen LogP contribution in [-0.2, 0) is 4.79 Å². The molecule has 0 saturated carbocycles. The Bertz CT molecular complexity index is 990. The van der Waals surface area contributed by atoms with E-state index < -0.39 is 0 Å². The highest BCUT2D eigenvalue weighted by Crippen LogP contribution is 2.25. The first-order valence-electron chi connectivity index (χ1n) is 8.42. The molecule has 27 heavy (non-hydrogen) atoms. The summed E-state index contributed by atoms with van der Waals surface area (Å²) in [7, 11) is 0. The second-order valence-electron chi connectivity index (χ2n) is 6.16. The Hall–Kier alpha value is -3.12. The van der Waals surface area contributed by atoms with E-state index in [2.05, 4.69) is 25.9 Å². The molecule has 1 amide bonds. The number of amides is 1. The van der Waals surface area contributed by atoms with Gasteiger partial charge in [-0.15, -0.1) is 0 Å². The fourth-order valence-corrected chi connectivity index (χ4v) is 2.72. The molecule has 0 aliphatic carbocycles. The summed E-state index contributed by atoms with van der Waals surface area (Å²) in [6.45, 7) is 5.26. The SMILES string of the molecule is CC(=O)Nc1cccc(Nc2cc(Nc3ccc(C)c(Cl)c3)nc(C)n2)c1. The van der Waals surface area contributed by atoms with E-state index in [1.165, 1.54) is 6.92 Å². The van der Waals surface area contributed by atoms with E-state index in [0.29, 0.717) is 28.2 Å². The minimum Gasteiger partial charge on any atom is -0.340 e. The van der Waals surface area contributed by atoms with Gasteiger partial charge in [-0.1, -0.05) is 23.7 Å². The van der Waals surface area contributed by atoms with Crippen LogP contribution in [-0.4, -0.2) is 15.9 Å². The van der Waals surface area contributed by atoms with Gasteiger partial charge in [-0.25, -0.2) is 9.97 Å². The van der Waals surface area contributed by atoms with Crippen molar-refractivity contribution in [2.24, 2.45) is 0 Å². The zero-order valence-electron chi connectivity index (χ0n) is 15.3. The molecule has 1 aromatic heterocycles. The molecule has 0 saturated heterocycles. The highest BCUT2D eigenvalue weighted by Gasteiger charge is 2.05. The third kappa shape index (κ3) is 5.18. The lowest BCUT2D eigenvalue weighted by molar-refractivity contribution is -0.114. The number of rotatable bonds is 5. The molecule has 7 heteroatoms. The third-order valence-corrected chi connectivity index (χ3v) is 4.14. The van der Waals surface area contributed by atoms with Crippen LogP contribution in [0.15, 0.2) is 48.5 Å². The maximum atomic E-state index is 11.2. The number of nitrogens with zero attached hydrogens (tertiary/aromatic N) is 2. The summed E-state index contributed by atoms with van der Waals surface area (Å²) in [4.78, 5) is 20.1. The van der Waals surface area contributed by atoms with E-state index >= 15 is 0 Å². The van der Waals surface area contributed by atoms with Crippen molar-refractivity contribution in [3.8, 4) is 0 Å². The van der Waals surface area contributed by atoms with Gasteiger partial charge in [-0.05, 0) is 49.7 Å². The number of aryl methyl sites for hydroxylation is 2. The smallest absolute Gasteiger partial charge is 0.221 e. The van der Waals surface area contributed by atoms with Crippen LogP contribution in [0.25, 0.3) is 0 Å². The van der Waals surface area contributed by atoms with Crippen molar-refractivity contribution >= 4 is 46.2 Å². The summed E-state index contributed by atoms with van der Waals surface area (Å²) >= 11 is 6.19. The Morgan fingerprint density at radius 3 is 2.15 bits per heavy atom. The molecule has 0 bridgehead atoms. The van der Waals surface area contributed by atoms with Gasteiger partial charge in [0.05, 0.1) is 0 Å². The number of carbonyl (C=O) groups is 1. The number of carbonyl (C=O) groups excluding carboxylic acids is 1. The lowest BCUT2D eigenvalue weighted by Gasteiger charge is -2.12. The summed E-state index contributed by atoms with van der Waals surface area (Å²) in [6, 6.07) is 15.0. The third-order valence-electron chi connectivity index (χ3n) is 3.74. The zero-order chi connectivity index (χ0) is 19.4. The lowest BCUT2D eigenvalue weighted by Crippen LogP contribution is -2.06. The second-order valence-corrected chi connectivity index (χ2v) is 6.57. The van der Waals surface area contributed by atoms with Crippen LogP contribution < -0.4 is 16.0 Å². The molecule has 2 aromatic carbocycles. The fourth-order valence-electron chi connectivity index (χ4n) is 2.54. The molecular formula is C20H20ClN5O. The molecule has 1 heterocycles. The number of halogens is 1. The van der Waals surface area contributed by atoms with Crippen LogP contribution in [0, 0.1) is 13.8 Å². The predicted molar refractivity (Wildman–Crippen MR) is 110 cm³/mol. The Labute approximate surface area is 163 Å². The highest BCUT2D eigenvalue weighted by atomic mass is 35.5.